The van der Waals surface area contributed by atoms with Crippen LogP contribution in [0.4, 0.5) is 8.78 Å². The van der Waals surface area contributed by atoms with Crippen molar-refractivity contribution in [3.63, 3.8) is 0 Å². The first-order valence-electron chi connectivity index (χ1n) is 16.4. The van der Waals surface area contributed by atoms with Gasteiger partial charge in [-0.05, 0) is 99.7 Å². The molecule has 0 spiro atoms. The number of rotatable bonds is 17. The molecule has 0 saturated heterocycles. The number of halogens is 2. The van der Waals surface area contributed by atoms with Crippen molar-refractivity contribution in [3.05, 3.63) is 0 Å². The van der Waals surface area contributed by atoms with Crippen LogP contribution in [0.15, 0.2) is 0 Å². The van der Waals surface area contributed by atoms with E-state index in [9.17, 15) is 8.78 Å². The third kappa shape index (κ3) is 11.4. The molecule has 0 atom stereocenters. The molecule has 0 unspecified atom stereocenters. The highest BCUT2D eigenvalue weighted by Crippen LogP contribution is 2.46. The van der Waals surface area contributed by atoms with Gasteiger partial charge in [0.1, 0.15) is 0 Å². The summed E-state index contributed by atoms with van der Waals surface area (Å²) in [6.07, 6.45) is 34.2. The summed E-state index contributed by atoms with van der Waals surface area (Å²) in [5, 5.41) is 0. The van der Waals surface area contributed by atoms with Crippen LogP contribution < -0.4 is 0 Å². The summed E-state index contributed by atoms with van der Waals surface area (Å²) in [7, 11) is 0. The fourth-order valence-electron chi connectivity index (χ4n) is 8.28. The van der Waals surface area contributed by atoms with E-state index >= 15 is 0 Å². The van der Waals surface area contributed by atoms with Gasteiger partial charge in [-0.15, -0.1) is 0 Å². The Morgan fingerprint density at radius 1 is 0.314 bits per heavy atom. The van der Waals surface area contributed by atoms with Crippen molar-refractivity contribution in [1.29, 1.82) is 0 Å². The van der Waals surface area contributed by atoms with Crippen LogP contribution in [0.25, 0.3) is 0 Å². The van der Waals surface area contributed by atoms with Crippen LogP contribution >= 0.6 is 0 Å². The summed E-state index contributed by atoms with van der Waals surface area (Å²) < 4.78 is 24.3. The lowest BCUT2D eigenvalue weighted by molar-refractivity contribution is 0.102. The van der Waals surface area contributed by atoms with Crippen LogP contribution in [-0.2, 0) is 0 Å². The molecule has 0 heterocycles. The van der Waals surface area contributed by atoms with Gasteiger partial charge in [0.2, 0.25) is 0 Å². The normalized spacial score (nSPS) is 32.1. The molecule has 0 amide bonds. The largest absolute Gasteiger partial charge is 0.251 e. The van der Waals surface area contributed by atoms with Gasteiger partial charge in [0.25, 0.3) is 0 Å². The van der Waals surface area contributed by atoms with Gasteiger partial charge in [0, 0.05) is 0 Å². The zero-order valence-corrected chi connectivity index (χ0v) is 23.3. The summed E-state index contributed by atoms with van der Waals surface area (Å²) in [4.78, 5) is 0. The summed E-state index contributed by atoms with van der Waals surface area (Å²) in [6, 6.07) is 0. The minimum Gasteiger partial charge on any atom is -0.251 e. The van der Waals surface area contributed by atoms with E-state index in [0.717, 1.165) is 61.2 Å². The molecule has 0 bridgehead atoms. The first-order valence-corrected chi connectivity index (χ1v) is 16.4. The molecule has 3 saturated carbocycles. The molecule has 0 aromatic heterocycles. The number of hydrogen-bond donors (Lipinski definition) is 0. The average Bonchev–Trinajstić information content (AvgIpc) is 2.91. The number of hydrogen-bond acceptors (Lipinski definition) is 0. The fourth-order valence-corrected chi connectivity index (χ4v) is 8.28. The van der Waals surface area contributed by atoms with Gasteiger partial charge >= 0.3 is 0 Å². The van der Waals surface area contributed by atoms with E-state index in [1.807, 2.05) is 0 Å². The molecule has 35 heavy (non-hydrogen) atoms. The summed E-state index contributed by atoms with van der Waals surface area (Å²) in [5.74, 6) is 6.21. The lowest BCUT2D eigenvalue weighted by Gasteiger charge is -2.41. The van der Waals surface area contributed by atoms with Gasteiger partial charge < -0.3 is 0 Å². The quantitative estimate of drug-likeness (QED) is 0.176. The highest BCUT2D eigenvalue weighted by atomic mass is 19.1. The first-order chi connectivity index (χ1) is 17.3. The minimum atomic E-state index is -0.127. The topological polar surface area (TPSA) is 0 Å². The molecule has 0 N–H and O–H groups in total. The molecule has 0 aromatic carbocycles. The molecule has 2 heteroatoms. The molecule has 0 aliphatic heterocycles. The monoisotopic (exact) mass is 494 g/mol. The van der Waals surface area contributed by atoms with Crippen molar-refractivity contribution >= 4 is 0 Å². The maximum absolute atomic E-state index is 12.2. The summed E-state index contributed by atoms with van der Waals surface area (Å²) in [5.41, 5.74) is 0. The zero-order valence-electron chi connectivity index (χ0n) is 23.3. The molecular formula is C33H60F2. The van der Waals surface area contributed by atoms with Crippen molar-refractivity contribution in [1.82, 2.24) is 0 Å². The zero-order chi connectivity index (χ0) is 24.6. The van der Waals surface area contributed by atoms with Crippen LogP contribution in [0.2, 0.25) is 0 Å². The highest BCUT2D eigenvalue weighted by Gasteiger charge is 2.34. The van der Waals surface area contributed by atoms with Gasteiger partial charge in [-0.1, -0.05) is 96.3 Å². The highest BCUT2D eigenvalue weighted by molar-refractivity contribution is 4.86. The van der Waals surface area contributed by atoms with Gasteiger partial charge in [0.15, 0.2) is 0 Å². The Bertz CT molecular complexity index is 481. The second-order valence-corrected chi connectivity index (χ2v) is 13.1. The lowest BCUT2D eigenvalue weighted by atomic mass is 9.64. The Balaban J connectivity index is 1.19. The molecule has 0 aromatic rings. The smallest absolute Gasteiger partial charge is 0.0894 e. The molecule has 206 valence electrons. The Hall–Kier alpha value is -0.140. The number of alkyl halides is 2. The van der Waals surface area contributed by atoms with Crippen molar-refractivity contribution in [2.75, 3.05) is 13.3 Å². The van der Waals surface area contributed by atoms with E-state index in [0.29, 0.717) is 0 Å². The maximum atomic E-state index is 12.2. The van der Waals surface area contributed by atoms with Gasteiger partial charge in [-0.25, -0.2) is 0 Å². The second-order valence-electron chi connectivity index (χ2n) is 13.1. The molecule has 3 aliphatic carbocycles. The predicted molar refractivity (Wildman–Crippen MR) is 148 cm³/mol. The van der Waals surface area contributed by atoms with Crippen molar-refractivity contribution < 1.29 is 8.78 Å². The molecule has 3 fully saturated rings. The molecule has 3 rings (SSSR count). The van der Waals surface area contributed by atoms with Crippen LogP contribution in [0.1, 0.15) is 161 Å². The van der Waals surface area contributed by atoms with Gasteiger partial charge in [-0.2, -0.15) is 0 Å². The van der Waals surface area contributed by atoms with Gasteiger partial charge in [0.05, 0.1) is 13.3 Å². The van der Waals surface area contributed by atoms with E-state index in [2.05, 4.69) is 0 Å². The van der Waals surface area contributed by atoms with Crippen LogP contribution in [-0.4, -0.2) is 13.3 Å². The maximum Gasteiger partial charge on any atom is 0.0894 e. The fraction of sp³-hybridized carbons (Fsp3) is 1.00. The standard InChI is InChI=1S/C33H60F2/c34-26-10-6-2-1-4-8-12-28-14-18-30(19-15-28)32-22-24-33(25-23-32)31-20-16-29(17-21-31)13-9-5-3-7-11-27-35/h28-33H,1-27H2. The van der Waals surface area contributed by atoms with E-state index in [1.165, 1.54) is 135 Å². The van der Waals surface area contributed by atoms with Crippen LogP contribution in [0.5, 0.6) is 0 Å². The van der Waals surface area contributed by atoms with E-state index in [1.54, 1.807) is 0 Å². The van der Waals surface area contributed by atoms with Crippen molar-refractivity contribution in [2.24, 2.45) is 35.5 Å². The van der Waals surface area contributed by atoms with E-state index in [-0.39, 0.29) is 13.3 Å². The first kappa shape index (κ1) is 29.4. The average molecular weight is 495 g/mol. The van der Waals surface area contributed by atoms with E-state index < -0.39 is 0 Å². The third-order valence-corrected chi connectivity index (χ3v) is 10.7. The molecular weight excluding hydrogens is 434 g/mol. The van der Waals surface area contributed by atoms with E-state index in [4.69, 9.17) is 0 Å². The molecule has 3 aliphatic rings. The summed E-state index contributed by atoms with van der Waals surface area (Å²) >= 11 is 0. The second kappa shape index (κ2) is 18.2. The Kier molecular flexibility index (Phi) is 15.3. The van der Waals surface area contributed by atoms with Crippen LogP contribution in [0, 0.1) is 35.5 Å². The Morgan fingerprint density at radius 2 is 0.571 bits per heavy atom. The number of unbranched alkanes of at least 4 members (excludes halogenated alkanes) is 9. The third-order valence-electron chi connectivity index (χ3n) is 10.7. The lowest BCUT2D eigenvalue weighted by Crippen LogP contribution is -2.29. The van der Waals surface area contributed by atoms with Crippen LogP contribution in [0.3, 0.4) is 0 Å². The SMILES string of the molecule is FCCCCCCCCC1CCC(C2CCC(C3CCC(CCCCCCCF)CC3)CC2)CC1. The Labute approximate surface area is 218 Å². The summed E-state index contributed by atoms with van der Waals surface area (Å²) in [6.45, 7) is -0.254. The molecule has 0 radical (unpaired) electrons. The molecule has 0 nitrogen and oxygen atoms in total. The van der Waals surface area contributed by atoms with Gasteiger partial charge in [-0.3, -0.25) is 8.78 Å². The minimum absolute atomic E-state index is 0.126. The predicted octanol–water partition coefficient (Wildman–Crippen LogP) is 11.4. The van der Waals surface area contributed by atoms with Crippen molar-refractivity contribution in [3.8, 4) is 0 Å². The van der Waals surface area contributed by atoms with Crippen molar-refractivity contribution in [2.45, 2.75) is 161 Å². The Morgan fingerprint density at radius 3 is 0.886 bits per heavy atom.